The van der Waals surface area contributed by atoms with E-state index in [0.29, 0.717) is 6.42 Å². The van der Waals surface area contributed by atoms with E-state index in [4.69, 9.17) is 0 Å². The smallest absolute Gasteiger partial charge is 0.249 e. The van der Waals surface area contributed by atoms with Gasteiger partial charge in [0.2, 0.25) is 5.91 Å². The van der Waals surface area contributed by atoms with Crippen molar-refractivity contribution in [2.24, 2.45) is 0 Å². The van der Waals surface area contributed by atoms with Crippen LogP contribution in [0.2, 0.25) is 0 Å². The van der Waals surface area contributed by atoms with Gasteiger partial charge in [-0.05, 0) is 57.8 Å². The lowest BCUT2D eigenvalue weighted by Crippen LogP contribution is -2.48. The van der Waals surface area contributed by atoms with Crippen LogP contribution in [0.15, 0.2) is 48.6 Å². The van der Waals surface area contributed by atoms with Crippen LogP contribution in [0.3, 0.4) is 0 Å². The van der Waals surface area contributed by atoms with Crippen LogP contribution in [0, 0.1) is 0 Å². The Bertz CT molecular complexity index is 700. The van der Waals surface area contributed by atoms with Crippen LogP contribution < -0.4 is 5.32 Å². The number of carbonyl (C=O) groups is 1. The first-order valence-corrected chi connectivity index (χ1v) is 17.5. The Morgan fingerprint density at radius 2 is 1.05 bits per heavy atom. The highest BCUT2D eigenvalue weighted by atomic mass is 16.3. The van der Waals surface area contributed by atoms with Crippen molar-refractivity contribution in [1.29, 1.82) is 0 Å². The summed E-state index contributed by atoms with van der Waals surface area (Å²) >= 11 is 0. The van der Waals surface area contributed by atoms with Crippen molar-refractivity contribution in [3.8, 4) is 0 Å². The summed E-state index contributed by atoms with van der Waals surface area (Å²) in [4.78, 5) is 12.3. The second-order valence-electron chi connectivity index (χ2n) is 11.7. The number of nitrogens with one attached hydrogen (secondary N) is 1. The lowest BCUT2D eigenvalue weighted by molar-refractivity contribution is -0.131. The monoisotopic (exact) mass is 590 g/mol. The van der Waals surface area contributed by atoms with E-state index < -0.39 is 24.2 Å². The molecule has 5 nitrogen and oxygen atoms in total. The average molecular weight is 590 g/mol. The van der Waals surface area contributed by atoms with Crippen LogP contribution in [0.4, 0.5) is 0 Å². The van der Waals surface area contributed by atoms with Crippen LogP contribution >= 0.6 is 0 Å². The second-order valence-corrected chi connectivity index (χ2v) is 11.7. The summed E-state index contributed by atoms with van der Waals surface area (Å²) in [5, 5.41) is 32.8. The van der Waals surface area contributed by atoms with E-state index in [2.05, 4.69) is 55.6 Å². The molecular weight excluding hydrogens is 522 g/mol. The lowest BCUT2D eigenvalue weighted by atomic mass is 10.0. The van der Waals surface area contributed by atoms with Crippen molar-refractivity contribution in [2.45, 2.75) is 173 Å². The molecule has 0 aromatic heterocycles. The van der Waals surface area contributed by atoms with Crippen molar-refractivity contribution in [1.82, 2.24) is 5.32 Å². The van der Waals surface area contributed by atoms with Crippen molar-refractivity contribution in [3.05, 3.63) is 48.6 Å². The average Bonchev–Trinajstić information content (AvgIpc) is 2.99. The predicted octanol–water partition coefficient (Wildman–Crippen LogP) is 9.03. The molecule has 0 aliphatic heterocycles. The first-order chi connectivity index (χ1) is 20.6. The van der Waals surface area contributed by atoms with Gasteiger partial charge in [-0.15, -0.1) is 0 Å². The van der Waals surface area contributed by atoms with Gasteiger partial charge in [0.1, 0.15) is 6.10 Å². The lowest BCUT2D eigenvalue weighted by Gasteiger charge is -2.21. The second kappa shape index (κ2) is 32.2. The molecule has 3 unspecified atom stereocenters. The maximum Gasteiger partial charge on any atom is 0.249 e. The predicted molar refractivity (Wildman–Crippen MR) is 181 cm³/mol. The first kappa shape index (κ1) is 40.3. The van der Waals surface area contributed by atoms with Gasteiger partial charge in [0.15, 0.2) is 0 Å². The minimum atomic E-state index is -1.11. The molecule has 3 atom stereocenters. The molecular formula is C37H67NO4. The van der Waals surface area contributed by atoms with E-state index in [0.717, 1.165) is 38.5 Å². The van der Waals surface area contributed by atoms with Gasteiger partial charge in [-0.3, -0.25) is 4.79 Å². The zero-order chi connectivity index (χ0) is 30.9. The van der Waals surface area contributed by atoms with E-state index in [-0.39, 0.29) is 6.61 Å². The van der Waals surface area contributed by atoms with Crippen LogP contribution in [0.5, 0.6) is 0 Å². The standard InChI is InChI=1S/C37H67NO4/c1-3-5-7-9-11-13-15-16-17-18-19-20-21-22-24-26-28-30-32-36(41)37(42)38-34(33-39)35(40)31-29-27-25-23-14-12-10-8-6-4-2/h11,13-16,23,29,31,34-36,39-41H,3-10,12,17-22,24-28,30,32-33H2,1-2H3,(H,38,42)/b13-11-,16-15-,23-14+,31-29+. The Kier molecular flexibility index (Phi) is 30.9. The van der Waals surface area contributed by atoms with Crippen molar-refractivity contribution >= 4 is 5.91 Å². The zero-order valence-electron chi connectivity index (χ0n) is 27.4. The summed E-state index contributed by atoms with van der Waals surface area (Å²) in [7, 11) is 0. The summed E-state index contributed by atoms with van der Waals surface area (Å²) < 4.78 is 0. The molecule has 0 saturated heterocycles. The number of amides is 1. The molecule has 0 aromatic rings. The molecule has 0 aliphatic carbocycles. The van der Waals surface area contributed by atoms with E-state index in [1.54, 1.807) is 6.08 Å². The fraction of sp³-hybridized carbons (Fsp3) is 0.757. The molecule has 0 aromatic carbocycles. The van der Waals surface area contributed by atoms with E-state index in [1.165, 1.54) is 96.3 Å². The minimum Gasteiger partial charge on any atom is -0.394 e. The van der Waals surface area contributed by atoms with E-state index in [1.807, 2.05) is 6.08 Å². The quantitative estimate of drug-likeness (QED) is 0.0382. The van der Waals surface area contributed by atoms with Gasteiger partial charge in [0.25, 0.3) is 0 Å². The number of aliphatic hydroxyl groups is 3. The Balaban J connectivity index is 3.79. The number of aliphatic hydroxyl groups excluding tert-OH is 3. The highest BCUT2D eigenvalue weighted by Crippen LogP contribution is 2.13. The number of rotatable bonds is 30. The molecule has 0 saturated carbocycles. The van der Waals surface area contributed by atoms with Gasteiger partial charge in [0, 0.05) is 0 Å². The number of hydrogen-bond acceptors (Lipinski definition) is 4. The van der Waals surface area contributed by atoms with Crippen LogP contribution in [-0.2, 0) is 4.79 Å². The number of unbranched alkanes of at least 4 members (excludes halogenated alkanes) is 17. The van der Waals surface area contributed by atoms with Gasteiger partial charge in [-0.1, -0.05) is 146 Å². The van der Waals surface area contributed by atoms with Gasteiger partial charge < -0.3 is 20.6 Å². The van der Waals surface area contributed by atoms with E-state index in [9.17, 15) is 20.1 Å². The minimum absolute atomic E-state index is 0.380. The molecule has 1 amide bonds. The molecule has 244 valence electrons. The van der Waals surface area contributed by atoms with E-state index >= 15 is 0 Å². The third-order valence-corrected chi connectivity index (χ3v) is 7.67. The maximum absolute atomic E-state index is 12.3. The number of hydrogen-bond donors (Lipinski definition) is 4. The summed E-state index contributed by atoms with van der Waals surface area (Å²) in [5.41, 5.74) is 0. The Morgan fingerprint density at radius 1 is 0.595 bits per heavy atom. The first-order valence-electron chi connectivity index (χ1n) is 17.5. The molecule has 0 aliphatic rings. The fourth-order valence-corrected chi connectivity index (χ4v) is 4.84. The Labute approximate surface area is 259 Å². The van der Waals surface area contributed by atoms with Gasteiger partial charge in [0.05, 0.1) is 18.8 Å². The summed E-state index contributed by atoms with van der Waals surface area (Å²) in [6.07, 6.45) is 39.8. The molecule has 0 bridgehead atoms. The van der Waals surface area contributed by atoms with Crippen LogP contribution in [-0.4, -0.2) is 46.1 Å². The van der Waals surface area contributed by atoms with Crippen LogP contribution in [0.1, 0.15) is 155 Å². The molecule has 4 N–H and O–H groups in total. The van der Waals surface area contributed by atoms with Gasteiger partial charge in [-0.25, -0.2) is 0 Å². The zero-order valence-corrected chi connectivity index (χ0v) is 27.4. The topological polar surface area (TPSA) is 89.8 Å². The van der Waals surface area contributed by atoms with Crippen molar-refractivity contribution < 1.29 is 20.1 Å². The third kappa shape index (κ3) is 27.2. The van der Waals surface area contributed by atoms with Crippen molar-refractivity contribution in [2.75, 3.05) is 6.61 Å². The third-order valence-electron chi connectivity index (χ3n) is 7.67. The molecule has 0 rings (SSSR count). The number of allylic oxidation sites excluding steroid dienone is 7. The highest BCUT2D eigenvalue weighted by molar-refractivity contribution is 5.80. The molecule has 0 radical (unpaired) electrons. The molecule has 0 heterocycles. The Hall–Kier alpha value is -1.69. The summed E-state index contributed by atoms with van der Waals surface area (Å²) in [5.74, 6) is -0.523. The summed E-state index contributed by atoms with van der Waals surface area (Å²) in [6.45, 7) is 4.07. The van der Waals surface area contributed by atoms with Gasteiger partial charge in [-0.2, -0.15) is 0 Å². The SMILES string of the molecule is CCCCC/C=C\C=C/CCCCCCCCCCCC(O)C(=O)NC(CO)C(O)/C=C/CC/C=C/CCCCCC. The highest BCUT2D eigenvalue weighted by Gasteiger charge is 2.22. The summed E-state index contributed by atoms with van der Waals surface area (Å²) in [6, 6.07) is -0.814. The van der Waals surface area contributed by atoms with Crippen molar-refractivity contribution in [3.63, 3.8) is 0 Å². The largest absolute Gasteiger partial charge is 0.394 e. The molecule has 5 heteroatoms. The molecule has 42 heavy (non-hydrogen) atoms. The number of carbonyl (C=O) groups excluding carboxylic acids is 1. The Morgan fingerprint density at radius 3 is 1.64 bits per heavy atom. The molecule has 0 spiro atoms. The normalized spacial score (nSPS) is 14.5. The molecule has 0 fully saturated rings. The van der Waals surface area contributed by atoms with Gasteiger partial charge >= 0.3 is 0 Å². The fourth-order valence-electron chi connectivity index (χ4n) is 4.84. The maximum atomic E-state index is 12.3. The van der Waals surface area contributed by atoms with Crippen LogP contribution in [0.25, 0.3) is 0 Å².